The fraction of sp³-hybridized carbons (Fsp3) is 0.533. The Bertz CT molecular complexity index is 447. The average Bonchev–Trinajstić information content (AvgIpc) is 2.42. The van der Waals surface area contributed by atoms with Crippen LogP contribution in [0.1, 0.15) is 31.0 Å². The number of halogens is 1. The van der Waals surface area contributed by atoms with Gasteiger partial charge in [-0.2, -0.15) is 0 Å². The second-order valence-corrected chi connectivity index (χ2v) is 4.76. The largest absolute Gasteiger partial charge is 0.480 e. The number of nitrogens with zero attached hydrogens (tertiary/aromatic N) is 1. The Morgan fingerprint density at radius 1 is 1.40 bits per heavy atom. The highest BCUT2D eigenvalue weighted by molar-refractivity contribution is 5.75. The molecule has 1 aromatic rings. The molecular weight excluding hydrogens is 259 g/mol. The zero-order valence-corrected chi connectivity index (χ0v) is 12.3. The Kier molecular flexibility index (Phi) is 6.61. The van der Waals surface area contributed by atoms with Crippen LogP contribution in [0.25, 0.3) is 0 Å². The normalized spacial score (nSPS) is 12.7. The van der Waals surface area contributed by atoms with Gasteiger partial charge in [0.1, 0.15) is 11.9 Å². The van der Waals surface area contributed by atoms with Gasteiger partial charge in [-0.15, -0.1) is 0 Å². The van der Waals surface area contributed by atoms with Gasteiger partial charge in [-0.3, -0.25) is 10.1 Å². The summed E-state index contributed by atoms with van der Waals surface area (Å²) in [5, 5.41) is 12.2. The molecule has 1 aromatic carbocycles. The van der Waals surface area contributed by atoms with E-state index in [1.165, 1.54) is 6.07 Å². The van der Waals surface area contributed by atoms with Crippen LogP contribution in [0.2, 0.25) is 0 Å². The lowest BCUT2D eigenvalue weighted by Gasteiger charge is -2.20. The first-order valence-electron chi connectivity index (χ1n) is 6.94. The van der Waals surface area contributed by atoms with E-state index in [-0.39, 0.29) is 5.82 Å². The molecule has 0 saturated carbocycles. The molecule has 0 heterocycles. The maximum Gasteiger partial charge on any atom is 0.325 e. The summed E-state index contributed by atoms with van der Waals surface area (Å²) in [4.78, 5) is 13.5. The van der Waals surface area contributed by atoms with Crippen LogP contribution in [0.3, 0.4) is 0 Å². The van der Waals surface area contributed by atoms with Gasteiger partial charge in [0.2, 0.25) is 0 Å². The molecule has 0 aromatic heterocycles. The summed E-state index contributed by atoms with van der Waals surface area (Å²) in [7, 11) is 0. The molecule has 0 bridgehead atoms. The summed E-state index contributed by atoms with van der Waals surface area (Å²) in [6.07, 6.45) is 0. The molecule has 4 nitrogen and oxygen atoms in total. The summed E-state index contributed by atoms with van der Waals surface area (Å²) in [5.41, 5.74) is 0.959. The van der Waals surface area contributed by atoms with Gasteiger partial charge < -0.3 is 10.0 Å². The summed E-state index contributed by atoms with van der Waals surface area (Å²) in [6.45, 7) is 8.95. The summed E-state index contributed by atoms with van der Waals surface area (Å²) in [5.74, 6) is -1.37. The molecule has 20 heavy (non-hydrogen) atoms. The molecule has 0 spiro atoms. The van der Waals surface area contributed by atoms with Gasteiger partial charge in [0, 0.05) is 13.1 Å². The Labute approximate surface area is 119 Å². The summed E-state index contributed by atoms with van der Waals surface area (Å²) >= 11 is 0. The monoisotopic (exact) mass is 282 g/mol. The Morgan fingerprint density at radius 3 is 2.55 bits per heavy atom. The maximum atomic E-state index is 13.5. The fourth-order valence-electron chi connectivity index (χ4n) is 2.04. The highest BCUT2D eigenvalue weighted by Gasteiger charge is 2.20. The molecule has 0 saturated heterocycles. The van der Waals surface area contributed by atoms with E-state index >= 15 is 0 Å². The van der Waals surface area contributed by atoms with Crippen molar-refractivity contribution in [3.8, 4) is 0 Å². The van der Waals surface area contributed by atoms with Gasteiger partial charge >= 0.3 is 5.97 Å². The number of aliphatic carboxylic acids is 1. The molecule has 1 rings (SSSR count). The quantitative estimate of drug-likeness (QED) is 0.767. The Morgan fingerprint density at radius 2 is 2.05 bits per heavy atom. The van der Waals surface area contributed by atoms with Crippen molar-refractivity contribution in [1.82, 2.24) is 10.2 Å². The predicted octanol–water partition coefficient (Wildman–Crippen LogP) is 2.19. The second-order valence-electron chi connectivity index (χ2n) is 4.76. The van der Waals surface area contributed by atoms with E-state index in [0.29, 0.717) is 17.7 Å². The molecule has 112 valence electrons. The van der Waals surface area contributed by atoms with E-state index in [1.807, 2.05) is 0 Å². The number of rotatable bonds is 8. The molecule has 0 aliphatic carbocycles. The molecule has 1 atom stereocenters. The van der Waals surface area contributed by atoms with E-state index in [9.17, 15) is 14.3 Å². The van der Waals surface area contributed by atoms with Gasteiger partial charge in [-0.05, 0) is 37.2 Å². The molecule has 0 aliphatic heterocycles. The number of benzene rings is 1. The molecule has 0 radical (unpaired) electrons. The van der Waals surface area contributed by atoms with Crippen LogP contribution in [-0.2, 0) is 4.79 Å². The van der Waals surface area contributed by atoms with E-state index in [0.717, 1.165) is 19.6 Å². The number of likely N-dealkylation sites (N-methyl/N-ethyl adjacent to an activating group) is 1. The number of carboxylic acid groups (broad SMARTS) is 1. The first kappa shape index (κ1) is 16.6. The topological polar surface area (TPSA) is 52.6 Å². The lowest BCUT2D eigenvalue weighted by Crippen LogP contribution is -2.36. The first-order chi connectivity index (χ1) is 9.49. The minimum atomic E-state index is -0.993. The highest BCUT2D eigenvalue weighted by atomic mass is 19.1. The third-order valence-electron chi connectivity index (χ3n) is 3.45. The molecule has 0 amide bonds. The molecule has 0 fully saturated rings. The van der Waals surface area contributed by atoms with Crippen molar-refractivity contribution < 1.29 is 14.3 Å². The lowest BCUT2D eigenvalue weighted by atomic mass is 10.0. The SMILES string of the molecule is CCN(CC)CCNC(C(=O)O)c1ccc(C)c(F)c1. The van der Waals surface area contributed by atoms with Crippen LogP contribution < -0.4 is 5.32 Å². The van der Waals surface area contributed by atoms with E-state index < -0.39 is 12.0 Å². The fourth-order valence-corrected chi connectivity index (χ4v) is 2.04. The highest BCUT2D eigenvalue weighted by Crippen LogP contribution is 2.17. The number of aryl methyl sites for hydroxylation is 1. The van der Waals surface area contributed by atoms with E-state index in [4.69, 9.17) is 0 Å². The van der Waals surface area contributed by atoms with Crippen LogP contribution in [0, 0.1) is 12.7 Å². The van der Waals surface area contributed by atoms with Crippen molar-refractivity contribution in [2.24, 2.45) is 0 Å². The Hall–Kier alpha value is -1.46. The molecule has 5 heteroatoms. The third kappa shape index (κ3) is 4.58. The van der Waals surface area contributed by atoms with Gasteiger partial charge in [0.25, 0.3) is 0 Å². The number of carbonyl (C=O) groups is 1. The zero-order chi connectivity index (χ0) is 15.1. The van der Waals surface area contributed by atoms with Crippen molar-refractivity contribution in [3.05, 3.63) is 35.1 Å². The molecule has 1 unspecified atom stereocenters. The molecular formula is C15H23FN2O2. The van der Waals surface area contributed by atoms with Gasteiger partial charge in [-0.1, -0.05) is 26.0 Å². The van der Waals surface area contributed by atoms with Crippen molar-refractivity contribution in [1.29, 1.82) is 0 Å². The van der Waals surface area contributed by atoms with Gasteiger partial charge in [0.15, 0.2) is 0 Å². The van der Waals surface area contributed by atoms with Crippen molar-refractivity contribution in [3.63, 3.8) is 0 Å². The van der Waals surface area contributed by atoms with Gasteiger partial charge in [0.05, 0.1) is 0 Å². The molecule has 2 N–H and O–H groups in total. The maximum absolute atomic E-state index is 13.5. The van der Waals surface area contributed by atoms with Crippen molar-refractivity contribution in [2.45, 2.75) is 26.8 Å². The van der Waals surface area contributed by atoms with Crippen LogP contribution in [0.15, 0.2) is 18.2 Å². The standard InChI is InChI=1S/C15H23FN2O2/c1-4-18(5-2)9-8-17-14(15(19)20)12-7-6-11(3)13(16)10-12/h6-7,10,14,17H,4-5,8-9H2,1-3H3,(H,19,20). The predicted molar refractivity (Wildman–Crippen MR) is 77.3 cm³/mol. The third-order valence-corrected chi connectivity index (χ3v) is 3.45. The van der Waals surface area contributed by atoms with Crippen LogP contribution >= 0.6 is 0 Å². The number of hydrogen-bond acceptors (Lipinski definition) is 3. The lowest BCUT2D eigenvalue weighted by molar-refractivity contribution is -0.139. The Balaban J connectivity index is 2.69. The molecule has 0 aliphatic rings. The minimum Gasteiger partial charge on any atom is -0.480 e. The summed E-state index contributed by atoms with van der Waals surface area (Å²) in [6, 6.07) is 3.67. The van der Waals surface area contributed by atoms with E-state index in [1.54, 1.807) is 19.1 Å². The van der Waals surface area contributed by atoms with Gasteiger partial charge in [-0.25, -0.2) is 4.39 Å². The minimum absolute atomic E-state index is 0.376. The number of nitrogens with one attached hydrogen (secondary N) is 1. The van der Waals surface area contributed by atoms with Crippen LogP contribution in [0.5, 0.6) is 0 Å². The van der Waals surface area contributed by atoms with E-state index in [2.05, 4.69) is 24.1 Å². The van der Waals surface area contributed by atoms with Crippen LogP contribution in [-0.4, -0.2) is 42.2 Å². The average molecular weight is 282 g/mol. The first-order valence-corrected chi connectivity index (χ1v) is 6.94. The number of carboxylic acids is 1. The zero-order valence-electron chi connectivity index (χ0n) is 12.3. The van der Waals surface area contributed by atoms with Crippen LogP contribution in [0.4, 0.5) is 4.39 Å². The number of hydrogen-bond donors (Lipinski definition) is 2. The second kappa shape index (κ2) is 7.97. The van der Waals surface area contributed by atoms with Crippen molar-refractivity contribution in [2.75, 3.05) is 26.2 Å². The summed E-state index contributed by atoms with van der Waals surface area (Å²) < 4.78 is 13.5. The van der Waals surface area contributed by atoms with Crippen molar-refractivity contribution >= 4 is 5.97 Å². The smallest absolute Gasteiger partial charge is 0.325 e.